The zero-order chi connectivity index (χ0) is 21.1. The van der Waals surface area contributed by atoms with Crippen molar-refractivity contribution in [2.24, 2.45) is 0 Å². The average molecular weight is 403 g/mol. The molecule has 0 unspecified atom stereocenters. The Labute approximate surface area is 171 Å². The number of rotatable bonds is 5. The summed E-state index contributed by atoms with van der Waals surface area (Å²) in [7, 11) is 0. The highest BCUT2D eigenvalue weighted by Gasteiger charge is 2.19. The number of carbonyl (C=O) groups is 1. The summed E-state index contributed by atoms with van der Waals surface area (Å²) in [5, 5.41) is 2.78. The molecular weight excluding hydrogens is 385 g/mol. The lowest BCUT2D eigenvalue weighted by Gasteiger charge is -2.12. The van der Waals surface area contributed by atoms with Gasteiger partial charge >= 0.3 is 0 Å². The first-order valence-corrected chi connectivity index (χ1v) is 9.33. The van der Waals surface area contributed by atoms with Gasteiger partial charge in [-0.2, -0.15) is 0 Å². The normalized spacial score (nSPS) is 10.7. The van der Waals surface area contributed by atoms with E-state index >= 15 is 0 Å². The summed E-state index contributed by atoms with van der Waals surface area (Å²) in [4.78, 5) is 25.3. The van der Waals surface area contributed by atoms with Gasteiger partial charge in [0.25, 0.3) is 5.91 Å². The Morgan fingerprint density at radius 2 is 1.70 bits per heavy atom. The lowest BCUT2D eigenvalue weighted by Crippen LogP contribution is -2.23. The summed E-state index contributed by atoms with van der Waals surface area (Å²) in [5.41, 5.74) is 1.77. The fourth-order valence-corrected chi connectivity index (χ4v) is 3.04. The molecule has 0 atom stereocenters. The Hall–Kier alpha value is -3.93. The van der Waals surface area contributed by atoms with Gasteiger partial charge in [-0.05, 0) is 31.2 Å². The van der Waals surface area contributed by atoms with E-state index < -0.39 is 18.3 Å². The molecule has 4 aromatic rings. The third-order valence-electron chi connectivity index (χ3n) is 4.57. The number of hydrogen-bond acceptors (Lipinski definition) is 4. The van der Waals surface area contributed by atoms with Gasteiger partial charge in [0, 0.05) is 5.56 Å². The topological polar surface area (TPSA) is 68.5 Å². The van der Waals surface area contributed by atoms with Gasteiger partial charge in [0.1, 0.15) is 11.4 Å². The third kappa shape index (κ3) is 3.93. The number of ether oxygens (including phenoxy) is 1. The summed E-state index contributed by atoms with van der Waals surface area (Å²) in [6.45, 7) is 1.47. The van der Waals surface area contributed by atoms with E-state index in [1.807, 2.05) is 31.2 Å². The predicted octanol–water partition coefficient (Wildman–Crippen LogP) is 4.93. The van der Waals surface area contributed by atoms with Gasteiger partial charge in [-0.1, -0.05) is 54.1 Å². The first kappa shape index (κ1) is 19.4. The standard InChI is InChI=1S/C24H18FNO4/c1-15-10-12-16(13-11-15)23-24(22(28)17-6-2-5-9-20(17)30-23)29-14-21(27)26-19-8-4-3-7-18(19)25/h2-13H,14H2,1H3,(H,26,27). The van der Waals surface area contributed by atoms with Crippen LogP contribution in [0.2, 0.25) is 0 Å². The molecule has 0 bridgehead atoms. The lowest BCUT2D eigenvalue weighted by molar-refractivity contribution is -0.118. The maximum absolute atomic E-state index is 13.7. The molecule has 0 fully saturated rings. The summed E-state index contributed by atoms with van der Waals surface area (Å²) in [6.07, 6.45) is 0. The Kier molecular flexibility index (Phi) is 5.30. The summed E-state index contributed by atoms with van der Waals surface area (Å²) in [6, 6.07) is 20.0. The van der Waals surface area contributed by atoms with Crippen molar-refractivity contribution in [3.63, 3.8) is 0 Å². The Balaban J connectivity index is 1.68. The molecule has 6 heteroatoms. The minimum atomic E-state index is -0.595. The molecule has 1 N–H and O–H groups in total. The van der Waals surface area contributed by atoms with Crippen LogP contribution in [0.5, 0.6) is 5.75 Å². The molecule has 5 nitrogen and oxygen atoms in total. The minimum Gasteiger partial charge on any atom is -0.476 e. The maximum atomic E-state index is 13.7. The molecule has 0 saturated heterocycles. The number of fused-ring (bicyclic) bond motifs is 1. The molecule has 0 saturated carbocycles. The third-order valence-corrected chi connectivity index (χ3v) is 4.57. The molecule has 30 heavy (non-hydrogen) atoms. The molecule has 0 aliphatic heterocycles. The van der Waals surface area contributed by atoms with E-state index in [0.717, 1.165) is 5.56 Å². The summed E-state index contributed by atoms with van der Waals surface area (Å²) in [5.74, 6) is -0.988. The molecule has 4 rings (SSSR count). The van der Waals surface area contributed by atoms with Crippen LogP contribution >= 0.6 is 0 Å². The zero-order valence-electron chi connectivity index (χ0n) is 16.1. The molecule has 1 aromatic heterocycles. The predicted molar refractivity (Wildman–Crippen MR) is 113 cm³/mol. The van der Waals surface area contributed by atoms with Crippen LogP contribution in [-0.2, 0) is 4.79 Å². The number of nitrogens with one attached hydrogen (secondary N) is 1. The molecule has 0 radical (unpaired) electrons. The van der Waals surface area contributed by atoms with Crippen molar-refractivity contribution in [2.75, 3.05) is 11.9 Å². The molecule has 1 amide bonds. The first-order chi connectivity index (χ1) is 14.5. The number of benzene rings is 3. The van der Waals surface area contributed by atoms with Crippen LogP contribution in [0, 0.1) is 12.7 Å². The van der Waals surface area contributed by atoms with Crippen molar-refractivity contribution in [1.29, 1.82) is 0 Å². The van der Waals surface area contributed by atoms with Crippen LogP contribution in [-0.4, -0.2) is 12.5 Å². The molecule has 0 aliphatic carbocycles. The van der Waals surface area contributed by atoms with Crippen molar-refractivity contribution in [2.45, 2.75) is 6.92 Å². The fraction of sp³-hybridized carbons (Fsp3) is 0.0833. The van der Waals surface area contributed by atoms with Crippen molar-refractivity contribution in [1.82, 2.24) is 0 Å². The maximum Gasteiger partial charge on any atom is 0.262 e. The van der Waals surface area contributed by atoms with Crippen LogP contribution in [0.25, 0.3) is 22.3 Å². The number of para-hydroxylation sites is 2. The van der Waals surface area contributed by atoms with E-state index in [9.17, 15) is 14.0 Å². The number of halogens is 1. The van der Waals surface area contributed by atoms with Gasteiger partial charge in [-0.15, -0.1) is 0 Å². The van der Waals surface area contributed by atoms with E-state index in [1.165, 1.54) is 18.2 Å². The highest BCUT2D eigenvalue weighted by molar-refractivity contribution is 5.92. The lowest BCUT2D eigenvalue weighted by atomic mass is 10.1. The molecule has 1 heterocycles. The first-order valence-electron chi connectivity index (χ1n) is 9.33. The van der Waals surface area contributed by atoms with E-state index in [4.69, 9.17) is 9.15 Å². The summed E-state index contributed by atoms with van der Waals surface area (Å²) < 4.78 is 25.3. The van der Waals surface area contributed by atoms with Crippen molar-refractivity contribution in [3.8, 4) is 17.1 Å². The molecule has 3 aromatic carbocycles. The molecule has 0 spiro atoms. The van der Waals surface area contributed by atoms with Crippen LogP contribution in [0.1, 0.15) is 5.56 Å². The van der Waals surface area contributed by atoms with Gasteiger partial charge in [0.15, 0.2) is 12.4 Å². The second kappa shape index (κ2) is 8.21. The van der Waals surface area contributed by atoms with Gasteiger partial charge in [0.05, 0.1) is 11.1 Å². The number of amides is 1. The van der Waals surface area contributed by atoms with Gasteiger partial charge in [0.2, 0.25) is 11.2 Å². The highest BCUT2D eigenvalue weighted by atomic mass is 19.1. The molecular formula is C24H18FNO4. The smallest absolute Gasteiger partial charge is 0.262 e. The van der Waals surface area contributed by atoms with Crippen LogP contribution in [0.4, 0.5) is 10.1 Å². The highest BCUT2D eigenvalue weighted by Crippen LogP contribution is 2.31. The Morgan fingerprint density at radius 3 is 2.47 bits per heavy atom. The second-order valence-electron chi connectivity index (χ2n) is 6.77. The number of anilines is 1. The zero-order valence-corrected chi connectivity index (χ0v) is 16.1. The van der Waals surface area contributed by atoms with Crippen molar-refractivity contribution < 1.29 is 18.3 Å². The molecule has 0 aliphatic rings. The van der Waals surface area contributed by atoms with E-state index in [1.54, 1.807) is 30.3 Å². The number of aryl methyl sites for hydroxylation is 1. The van der Waals surface area contributed by atoms with Gasteiger partial charge < -0.3 is 14.5 Å². The monoisotopic (exact) mass is 403 g/mol. The molecule has 150 valence electrons. The van der Waals surface area contributed by atoms with E-state index in [0.29, 0.717) is 16.5 Å². The minimum absolute atomic E-state index is 0.0374. The van der Waals surface area contributed by atoms with E-state index in [-0.39, 0.29) is 22.6 Å². The SMILES string of the molecule is Cc1ccc(-c2oc3ccccc3c(=O)c2OCC(=O)Nc2ccccc2F)cc1. The van der Waals surface area contributed by atoms with E-state index in [2.05, 4.69) is 5.32 Å². The largest absolute Gasteiger partial charge is 0.476 e. The second-order valence-corrected chi connectivity index (χ2v) is 6.77. The van der Waals surface area contributed by atoms with Crippen LogP contribution < -0.4 is 15.5 Å². The fourth-order valence-electron chi connectivity index (χ4n) is 3.04. The van der Waals surface area contributed by atoms with Crippen molar-refractivity contribution >= 4 is 22.6 Å². The summed E-state index contributed by atoms with van der Waals surface area (Å²) >= 11 is 0. The van der Waals surface area contributed by atoms with Gasteiger partial charge in [-0.25, -0.2) is 4.39 Å². The van der Waals surface area contributed by atoms with Gasteiger partial charge in [-0.3, -0.25) is 9.59 Å². The quantitative estimate of drug-likeness (QED) is 0.513. The van der Waals surface area contributed by atoms with Crippen LogP contribution in [0.3, 0.4) is 0 Å². The van der Waals surface area contributed by atoms with Crippen molar-refractivity contribution in [3.05, 3.63) is 94.4 Å². The Morgan fingerprint density at radius 1 is 1.00 bits per heavy atom. The number of hydrogen-bond donors (Lipinski definition) is 1. The average Bonchev–Trinajstić information content (AvgIpc) is 2.75. The van der Waals surface area contributed by atoms with Crippen LogP contribution in [0.15, 0.2) is 82.0 Å². The Bertz CT molecular complexity index is 1280. The number of carbonyl (C=O) groups excluding carboxylic acids is 1.